The monoisotopic (exact) mass is 541 g/mol. The van der Waals surface area contributed by atoms with E-state index in [1.807, 2.05) is 6.92 Å². The fourth-order valence-corrected chi connectivity index (χ4v) is 4.76. The zero-order valence-corrected chi connectivity index (χ0v) is 24.1. The third-order valence-corrected chi connectivity index (χ3v) is 7.16. The summed E-state index contributed by atoms with van der Waals surface area (Å²) in [6.45, 7) is 9.29. The van der Waals surface area contributed by atoms with E-state index in [-0.39, 0.29) is 62.8 Å². The van der Waals surface area contributed by atoms with E-state index in [2.05, 4.69) is 20.8 Å². The van der Waals surface area contributed by atoms with Gasteiger partial charge in [0, 0.05) is 12.3 Å². The summed E-state index contributed by atoms with van der Waals surface area (Å²) in [6.07, 6.45) is 10.4. The molecule has 4 atom stereocenters. The van der Waals surface area contributed by atoms with E-state index >= 15 is 0 Å². The van der Waals surface area contributed by atoms with Crippen molar-refractivity contribution in [2.75, 3.05) is 26.4 Å². The normalized spacial score (nSPS) is 18.5. The number of carbonyl (C=O) groups is 4. The SMILES string of the molecule is CCCCCCCCC(=O)OCC(CC(=O)OCC1CCC(COC=O)N1C(=O)OCCC)CC(C)CC. The first-order valence-electron chi connectivity index (χ1n) is 14.7. The van der Waals surface area contributed by atoms with Crippen molar-refractivity contribution in [2.45, 2.75) is 123 Å². The van der Waals surface area contributed by atoms with Gasteiger partial charge in [-0.15, -0.1) is 0 Å². The number of hydrogen-bond donors (Lipinski definition) is 0. The van der Waals surface area contributed by atoms with Crippen LogP contribution in [-0.2, 0) is 33.3 Å². The van der Waals surface area contributed by atoms with Gasteiger partial charge < -0.3 is 18.9 Å². The second kappa shape index (κ2) is 20.6. The molecule has 1 heterocycles. The minimum Gasteiger partial charge on any atom is -0.466 e. The summed E-state index contributed by atoms with van der Waals surface area (Å²) in [4.78, 5) is 49.8. The van der Waals surface area contributed by atoms with E-state index in [1.165, 1.54) is 24.2 Å². The highest BCUT2D eigenvalue weighted by Crippen LogP contribution is 2.26. The van der Waals surface area contributed by atoms with Gasteiger partial charge in [-0.05, 0) is 38.0 Å². The Bertz CT molecular complexity index is 685. The minimum atomic E-state index is -0.489. The number of esters is 2. The summed E-state index contributed by atoms with van der Waals surface area (Å²) in [5.41, 5.74) is 0. The summed E-state index contributed by atoms with van der Waals surface area (Å²) in [5, 5.41) is 0. The largest absolute Gasteiger partial charge is 0.466 e. The van der Waals surface area contributed by atoms with Crippen molar-refractivity contribution in [1.82, 2.24) is 4.90 Å². The fourth-order valence-electron chi connectivity index (χ4n) is 4.76. The van der Waals surface area contributed by atoms with Crippen molar-refractivity contribution in [2.24, 2.45) is 11.8 Å². The highest BCUT2D eigenvalue weighted by Gasteiger charge is 2.39. The number of amides is 1. The second-order valence-corrected chi connectivity index (χ2v) is 10.5. The van der Waals surface area contributed by atoms with Gasteiger partial charge in [0.05, 0.1) is 31.7 Å². The smallest absolute Gasteiger partial charge is 0.410 e. The topological polar surface area (TPSA) is 108 Å². The van der Waals surface area contributed by atoms with Crippen molar-refractivity contribution in [3.05, 3.63) is 0 Å². The average Bonchev–Trinajstić information content (AvgIpc) is 3.32. The second-order valence-electron chi connectivity index (χ2n) is 10.5. The zero-order valence-electron chi connectivity index (χ0n) is 24.1. The van der Waals surface area contributed by atoms with E-state index in [4.69, 9.17) is 18.9 Å². The van der Waals surface area contributed by atoms with Crippen LogP contribution < -0.4 is 0 Å². The van der Waals surface area contributed by atoms with Crippen molar-refractivity contribution >= 4 is 24.5 Å². The van der Waals surface area contributed by atoms with E-state index in [9.17, 15) is 19.2 Å². The first kappa shape index (κ1) is 33.7. The molecule has 0 spiro atoms. The quantitative estimate of drug-likeness (QED) is 0.0774. The standard InChI is InChI=1S/C29H51NO8/c1-5-8-9-10-11-12-13-27(32)37-19-24(17-23(4)7-3)18-28(33)38-21-26-15-14-25(20-35-22-31)30(26)29(34)36-16-6-2/h22-26H,5-21H2,1-4H3. The molecule has 38 heavy (non-hydrogen) atoms. The molecule has 0 bridgehead atoms. The van der Waals surface area contributed by atoms with E-state index in [0.717, 1.165) is 32.1 Å². The van der Waals surface area contributed by atoms with Gasteiger partial charge in [0.25, 0.3) is 6.47 Å². The fraction of sp³-hybridized carbons (Fsp3) is 0.862. The predicted octanol–water partition coefficient (Wildman–Crippen LogP) is 5.82. The Hall–Kier alpha value is -2.32. The molecule has 9 nitrogen and oxygen atoms in total. The van der Waals surface area contributed by atoms with Crippen LogP contribution in [0.25, 0.3) is 0 Å². The molecule has 0 aromatic heterocycles. The number of rotatable bonds is 21. The molecule has 0 aliphatic carbocycles. The number of unbranched alkanes of at least 4 members (excludes halogenated alkanes) is 5. The molecular weight excluding hydrogens is 490 g/mol. The Morgan fingerprint density at radius 2 is 1.55 bits per heavy atom. The van der Waals surface area contributed by atoms with E-state index in [0.29, 0.717) is 38.1 Å². The molecular formula is C29H51NO8. The summed E-state index contributed by atoms with van der Waals surface area (Å²) < 4.78 is 21.3. The van der Waals surface area contributed by atoms with Crippen LogP contribution in [0.2, 0.25) is 0 Å². The first-order valence-corrected chi connectivity index (χ1v) is 14.7. The Morgan fingerprint density at radius 3 is 2.21 bits per heavy atom. The van der Waals surface area contributed by atoms with Crippen molar-refractivity contribution in [3.63, 3.8) is 0 Å². The molecule has 1 rings (SSSR count). The summed E-state index contributed by atoms with van der Waals surface area (Å²) in [5.74, 6) is -0.310. The Morgan fingerprint density at radius 1 is 0.868 bits per heavy atom. The summed E-state index contributed by atoms with van der Waals surface area (Å²) in [6, 6.07) is -0.649. The van der Waals surface area contributed by atoms with Crippen LogP contribution in [0.5, 0.6) is 0 Å². The molecule has 0 radical (unpaired) electrons. The Labute approximate surface area is 229 Å². The lowest BCUT2D eigenvalue weighted by atomic mass is 9.92. The van der Waals surface area contributed by atoms with Crippen LogP contribution in [0.3, 0.4) is 0 Å². The van der Waals surface area contributed by atoms with Crippen LogP contribution in [0, 0.1) is 11.8 Å². The van der Waals surface area contributed by atoms with Gasteiger partial charge in [-0.25, -0.2) is 4.79 Å². The molecule has 0 aromatic rings. The van der Waals surface area contributed by atoms with Crippen LogP contribution in [0.4, 0.5) is 4.79 Å². The Kier molecular flexibility index (Phi) is 18.3. The molecule has 0 saturated carbocycles. The molecule has 220 valence electrons. The van der Waals surface area contributed by atoms with Crippen LogP contribution >= 0.6 is 0 Å². The van der Waals surface area contributed by atoms with Crippen LogP contribution in [-0.4, -0.2) is 67.9 Å². The third-order valence-electron chi connectivity index (χ3n) is 7.16. The zero-order chi connectivity index (χ0) is 28.2. The molecule has 1 aliphatic heterocycles. The number of ether oxygens (including phenoxy) is 4. The minimum absolute atomic E-state index is 0.0471. The molecule has 1 fully saturated rings. The van der Waals surface area contributed by atoms with Crippen LogP contribution in [0.1, 0.15) is 111 Å². The maximum absolute atomic E-state index is 12.8. The lowest BCUT2D eigenvalue weighted by Crippen LogP contribution is -2.45. The highest BCUT2D eigenvalue weighted by molar-refractivity contribution is 5.71. The summed E-state index contributed by atoms with van der Waals surface area (Å²) >= 11 is 0. The maximum Gasteiger partial charge on any atom is 0.410 e. The Balaban J connectivity index is 2.57. The highest BCUT2D eigenvalue weighted by atomic mass is 16.6. The van der Waals surface area contributed by atoms with Gasteiger partial charge in [0.15, 0.2) is 0 Å². The number of hydrogen-bond acceptors (Lipinski definition) is 8. The predicted molar refractivity (Wildman–Crippen MR) is 144 cm³/mol. The van der Waals surface area contributed by atoms with Crippen molar-refractivity contribution in [3.8, 4) is 0 Å². The molecule has 0 aromatic carbocycles. The number of likely N-dealkylation sites (tertiary alicyclic amines) is 1. The van der Waals surface area contributed by atoms with E-state index < -0.39 is 6.09 Å². The van der Waals surface area contributed by atoms with Crippen molar-refractivity contribution in [1.29, 1.82) is 0 Å². The van der Waals surface area contributed by atoms with E-state index in [1.54, 1.807) is 0 Å². The molecule has 4 unspecified atom stereocenters. The molecule has 0 N–H and O–H groups in total. The van der Waals surface area contributed by atoms with Gasteiger partial charge in [-0.3, -0.25) is 19.3 Å². The van der Waals surface area contributed by atoms with Gasteiger partial charge in [-0.2, -0.15) is 0 Å². The van der Waals surface area contributed by atoms with Crippen LogP contribution in [0.15, 0.2) is 0 Å². The molecule has 9 heteroatoms. The lowest BCUT2D eigenvalue weighted by Gasteiger charge is -2.29. The molecule has 1 amide bonds. The van der Waals surface area contributed by atoms with Crippen molar-refractivity contribution < 1.29 is 38.1 Å². The maximum atomic E-state index is 12.8. The average molecular weight is 542 g/mol. The first-order chi connectivity index (χ1) is 18.4. The summed E-state index contributed by atoms with van der Waals surface area (Å²) in [7, 11) is 0. The van der Waals surface area contributed by atoms with Gasteiger partial charge in [0.1, 0.15) is 13.2 Å². The molecule has 1 aliphatic rings. The van der Waals surface area contributed by atoms with Gasteiger partial charge >= 0.3 is 18.0 Å². The number of nitrogens with zero attached hydrogens (tertiary/aromatic N) is 1. The van der Waals surface area contributed by atoms with Gasteiger partial charge in [-0.1, -0.05) is 66.2 Å². The van der Waals surface area contributed by atoms with Gasteiger partial charge in [0.2, 0.25) is 0 Å². The number of carbonyl (C=O) groups excluding carboxylic acids is 4. The molecule has 1 saturated heterocycles. The lowest BCUT2D eigenvalue weighted by molar-refractivity contribution is -0.151. The third kappa shape index (κ3) is 14.0.